The van der Waals surface area contributed by atoms with Gasteiger partial charge in [-0.15, -0.1) is 0 Å². The highest BCUT2D eigenvalue weighted by molar-refractivity contribution is 5.92. The Morgan fingerprint density at radius 1 is 1.26 bits per heavy atom. The predicted octanol–water partition coefficient (Wildman–Crippen LogP) is 1.68. The van der Waals surface area contributed by atoms with Gasteiger partial charge >= 0.3 is 0 Å². The largest absolute Gasteiger partial charge is 0.389 e. The molecule has 2 atom stereocenters. The van der Waals surface area contributed by atoms with Crippen LogP contribution < -0.4 is 10.2 Å². The summed E-state index contributed by atoms with van der Waals surface area (Å²) in [5.41, 5.74) is 1.84. The number of fused-ring (bicyclic) bond motifs is 1. The Morgan fingerprint density at radius 2 is 1.97 bits per heavy atom. The van der Waals surface area contributed by atoms with Gasteiger partial charge in [-0.3, -0.25) is 14.8 Å². The summed E-state index contributed by atoms with van der Waals surface area (Å²) in [5.74, 6) is 0.295. The van der Waals surface area contributed by atoms with Crippen LogP contribution in [-0.4, -0.2) is 70.8 Å². The number of anilines is 1. The van der Waals surface area contributed by atoms with Crippen molar-refractivity contribution in [3.05, 3.63) is 30.1 Å². The lowest BCUT2D eigenvalue weighted by Crippen LogP contribution is -2.52. The monoisotopic (exact) mass is 422 g/mol. The number of nitrogens with one attached hydrogen (secondary N) is 1. The third kappa shape index (κ3) is 4.78. The number of amides is 1. The first-order valence-electron chi connectivity index (χ1n) is 11.0. The fraction of sp³-hybridized carbons (Fsp3) is 0.565. The normalized spacial score (nSPS) is 24.0. The molecule has 0 saturated carbocycles. The first-order valence-corrected chi connectivity index (χ1v) is 11.0. The van der Waals surface area contributed by atoms with E-state index >= 15 is 0 Å². The van der Waals surface area contributed by atoms with Crippen LogP contribution in [0.25, 0.3) is 11.0 Å². The Hall–Kier alpha value is -2.76. The standard InChI is InChI=1S/C23H30N6O2/c1-16-11-18(27-20(30)12-23(31)5-9-28(2)10-6-23)15-29(14-16)19-4-3-17(13-24)21-22(19)26-8-7-25-21/h3-4,7-8,16,18,31H,5-6,9-12,14-15H2,1-2H3,(H,27,30)/t16-,18+/m0/s1. The number of likely N-dealkylation sites (tertiary alicyclic amines) is 1. The van der Waals surface area contributed by atoms with Gasteiger partial charge in [0.1, 0.15) is 17.1 Å². The van der Waals surface area contributed by atoms with Gasteiger partial charge in [0.2, 0.25) is 5.91 Å². The van der Waals surface area contributed by atoms with Crippen molar-refractivity contribution in [2.24, 2.45) is 5.92 Å². The molecule has 4 rings (SSSR count). The molecule has 3 heterocycles. The lowest BCUT2D eigenvalue weighted by Gasteiger charge is -2.39. The Morgan fingerprint density at radius 3 is 2.68 bits per heavy atom. The average Bonchev–Trinajstić information content (AvgIpc) is 2.74. The fourth-order valence-electron chi connectivity index (χ4n) is 4.83. The van der Waals surface area contributed by atoms with Crippen molar-refractivity contribution in [2.75, 3.05) is 38.1 Å². The Bertz CT molecular complexity index is 995. The molecule has 1 amide bonds. The van der Waals surface area contributed by atoms with E-state index in [4.69, 9.17) is 0 Å². The maximum absolute atomic E-state index is 12.8. The third-order valence-electron chi connectivity index (χ3n) is 6.50. The summed E-state index contributed by atoms with van der Waals surface area (Å²) in [6.07, 6.45) is 5.53. The summed E-state index contributed by atoms with van der Waals surface area (Å²) < 4.78 is 0. The smallest absolute Gasteiger partial charge is 0.223 e. The van der Waals surface area contributed by atoms with Gasteiger partial charge in [0.15, 0.2) is 0 Å². The van der Waals surface area contributed by atoms with Crippen molar-refractivity contribution in [1.29, 1.82) is 5.26 Å². The number of hydrogen-bond acceptors (Lipinski definition) is 7. The van der Waals surface area contributed by atoms with Crippen LogP contribution in [0.4, 0.5) is 5.69 Å². The zero-order valence-electron chi connectivity index (χ0n) is 18.2. The molecule has 2 aliphatic rings. The van der Waals surface area contributed by atoms with E-state index in [1.54, 1.807) is 18.5 Å². The van der Waals surface area contributed by atoms with E-state index in [1.807, 2.05) is 13.1 Å². The number of aromatic nitrogens is 2. The van der Waals surface area contributed by atoms with Crippen LogP contribution in [0, 0.1) is 17.2 Å². The SMILES string of the molecule is C[C@H]1C[C@@H](NC(=O)CC2(O)CCN(C)CC2)CN(c2ccc(C#N)c3nccnc23)C1. The molecule has 8 heteroatoms. The van der Waals surface area contributed by atoms with Crippen molar-refractivity contribution in [2.45, 2.75) is 44.2 Å². The van der Waals surface area contributed by atoms with Crippen molar-refractivity contribution in [3.8, 4) is 6.07 Å². The number of carbonyl (C=O) groups excluding carboxylic acids is 1. The molecule has 2 aromatic rings. The maximum atomic E-state index is 12.8. The molecule has 2 saturated heterocycles. The number of rotatable bonds is 4. The highest BCUT2D eigenvalue weighted by Crippen LogP contribution is 2.30. The Balaban J connectivity index is 1.47. The van der Waals surface area contributed by atoms with Crippen LogP contribution in [-0.2, 0) is 4.79 Å². The minimum absolute atomic E-state index is 0.00604. The highest BCUT2D eigenvalue weighted by atomic mass is 16.3. The summed E-state index contributed by atoms with van der Waals surface area (Å²) in [4.78, 5) is 26.0. The molecule has 0 spiro atoms. The lowest BCUT2D eigenvalue weighted by atomic mass is 9.87. The molecule has 1 aromatic heterocycles. The molecule has 0 unspecified atom stereocenters. The quantitative estimate of drug-likeness (QED) is 0.772. The average molecular weight is 423 g/mol. The number of hydrogen-bond donors (Lipinski definition) is 2. The van der Waals surface area contributed by atoms with Crippen LogP contribution in [0.2, 0.25) is 0 Å². The van der Waals surface area contributed by atoms with Crippen molar-refractivity contribution < 1.29 is 9.90 Å². The summed E-state index contributed by atoms with van der Waals surface area (Å²) in [6, 6.07) is 5.89. The van der Waals surface area contributed by atoms with E-state index < -0.39 is 5.60 Å². The summed E-state index contributed by atoms with van der Waals surface area (Å²) in [6.45, 7) is 5.30. The van der Waals surface area contributed by atoms with Crippen LogP contribution in [0.15, 0.2) is 24.5 Å². The second-order valence-corrected chi connectivity index (χ2v) is 9.21. The molecule has 0 aliphatic carbocycles. The predicted molar refractivity (Wildman–Crippen MR) is 118 cm³/mol. The van der Waals surface area contributed by atoms with E-state index in [-0.39, 0.29) is 18.4 Å². The topological polar surface area (TPSA) is 105 Å². The van der Waals surface area contributed by atoms with Gasteiger partial charge in [-0.25, -0.2) is 0 Å². The molecule has 31 heavy (non-hydrogen) atoms. The van der Waals surface area contributed by atoms with E-state index in [9.17, 15) is 15.2 Å². The van der Waals surface area contributed by atoms with Gasteiger partial charge in [-0.05, 0) is 44.4 Å². The molecule has 2 fully saturated rings. The minimum atomic E-state index is -0.907. The Labute approximate surface area is 182 Å². The second-order valence-electron chi connectivity index (χ2n) is 9.21. The van der Waals surface area contributed by atoms with Gasteiger partial charge < -0.3 is 20.2 Å². The van der Waals surface area contributed by atoms with E-state index in [2.05, 4.69) is 38.1 Å². The molecular formula is C23H30N6O2. The number of nitriles is 1. The highest BCUT2D eigenvalue weighted by Gasteiger charge is 2.35. The molecule has 0 bridgehead atoms. The van der Waals surface area contributed by atoms with Gasteiger partial charge in [-0.1, -0.05) is 6.92 Å². The lowest BCUT2D eigenvalue weighted by molar-refractivity contribution is -0.128. The Kier molecular flexibility index (Phi) is 6.08. The van der Waals surface area contributed by atoms with Crippen LogP contribution in [0.5, 0.6) is 0 Å². The molecule has 164 valence electrons. The van der Waals surface area contributed by atoms with E-state index in [0.29, 0.717) is 41.9 Å². The molecule has 0 radical (unpaired) electrons. The van der Waals surface area contributed by atoms with Crippen molar-refractivity contribution >= 4 is 22.6 Å². The van der Waals surface area contributed by atoms with Crippen LogP contribution in [0.1, 0.15) is 38.2 Å². The van der Waals surface area contributed by atoms with E-state index in [0.717, 1.165) is 31.7 Å². The number of nitrogens with zero attached hydrogens (tertiary/aromatic N) is 5. The number of carbonyl (C=O) groups is 1. The molecular weight excluding hydrogens is 392 g/mol. The number of benzene rings is 1. The minimum Gasteiger partial charge on any atom is -0.389 e. The zero-order valence-corrected chi connectivity index (χ0v) is 18.2. The molecule has 1 aromatic carbocycles. The summed E-state index contributed by atoms with van der Waals surface area (Å²) in [5, 5.41) is 23.3. The van der Waals surface area contributed by atoms with Crippen LogP contribution in [0.3, 0.4) is 0 Å². The van der Waals surface area contributed by atoms with Gasteiger partial charge in [0, 0.05) is 44.6 Å². The number of piperidine rings is 2. The number of aliphatic hydroxyl groups is 1. The van der Waals surface area contributed by atoms with Crippen molar-refractivity contribution in [1.82, 2.24) is 20.2 Å². The van der Waals surface area contributed by atoms with Gasteiger partial charge in [0.05, 0.1) is 23.3 Å². The first-order chi connectivity index (χ1) is 14.9. The van der Waals surface area contributed by atoms with E-state index in [1.165, 1.54) is 0 Å². The maximum Gasteiger partial charge on any atom is 0.223 e. The fourth-order valence-corrected chi connectivity index (χ4v) is 4.83. The summed E-state index contributed by atoms with van der Waals surface area (Å²) in [7, 11) is 2.04. The van der Waals surface area contributed by atoms with Crippen LogP contribution >= 0.6 is 0 Å². The molecule has 2 N–H and O–H groups in total. The van der Waals surface area contributed by atoms with Gasteiger partial charge in [-0.2, -0.15) is 5.26 Å². The molecule has 2 aliphatic heterocycles. The van der Waals surface area contributed by atoms with Gasteiger partial charge in [0.25, 0.3) is 0 Å². The first kappa shape index (κ1) is 21.5. The summed E-state index contributed by atoms with van der Waals surface area (Å²) >= 11 is 0. The van der Waals surface area contributed by atoms with Crippen molar-refractivity contribution in [3.63, 3.8) is 0 Å². The molecule has 8 nitrogen and oxygen atoms in total. The third-order valence-corrected chi connectivity index (χ3v) is 6.50. The second kappa shape index (κ2) is 8.77. The zero-order chi connectivity index (χ0) is 22.0.